The van der Waals surface area contributed by atoms with Gasteiger partial charge in [-0.15, -0.1) is 0 Å². The van der Waals surface area contributed by atoms with E-state index in [0.717, 1.165) is 5.56 Å². The van der Waals surface area contributed by atoms with Crippen LogP contribution in [-0.2, 0) is 0 Å². The maximum Gasteiger partial charge on any atom is 0.122 e. The minimum Gasteiger partial charge on any atom is -0.507 e. The second-order valence-corrected chi connectivity index (χ2v) is 9.62. The van der Waals surface area contributed by atoms with Gasteiger partial charge in [-0.3, -0.25) is 0 Å². The van der Waals surface area contributed by atoms with Gasteiger partial charge in [0.1, 0.15) is 5.75 Å². The molecule has 0 unspecified atom stereocenters. The van der Waals surface area contributed by atoms with Crippen LogP contribution in [0.5, 0.6) is 5.75 Å². The summed E-state index contributed by atoms with van der Waals surface area (Å²) in [7, 11) is -1.40. The van der Waals surface area contributed by atoms with Gasteiger partial charge in [0.15, 0.2) is 0 Å². The number of aromatic hydroxyl groups is 1. The van der Waals surface area contributed by atoms with Gasteiger partial charge >= 0.3 is 0 Å². The Balaban J connectivity index is 3.33. The van der Waals surface area contributed by atoms with E-state index in [4.69, 9.17) is 0 Å². The molecule has 0 fully saturated rings. The van der Waals surface area contributed by atoms with Crippen LogP contribution in [0.1, 0.15) is 5.56 Å². The highest BCUT2D eigenvalue weighted by atomic mass is 28.3. The number of hydrogen-bond donors (Lipinski definition) is 1. The van der Waals surface area contributed by atoms with Crippen LogP contribution in [0.4, 0.5) is 0 Å². The maximum absolute atomic E-state index is 9.82. The molecule has 2 heteroatoms. The third-order valence-electron chi connectivity index (χ3n) is 2.29. The molecule has 1 N–H and O–H groups in total. The average Bonchev–Trinajstić information content (AvgIpc) is 2.14. The van der Waals surface area contributed by atoms with Crippen molar-refractivity contribution < 1.29 is 5.11 Å². The lowest BCUT2D eigenvalue weighted by atomic mass is 10.2. The van der Waals surface area contributed by atoms with Crippen LogP contribution in [0, 0.1) is 0 Å². The summed E-state index contributed by atoms with van der Waals surface area (Å²) >= 11 is 0. The summed E-state index contributed by atoms with van der Waals surface area (Å²) < 4.78 is 0. The lowest BCUT2D eigenvalue weighted by molar-refractivity contribution is 0.474. The Morgan fingerprint density at radius 2 is 1.93 bits per heavy atom. The molecule has 15 heavy (non-hydrogen) atoms. The van der Waals surface area contributed by atoms with Crippen LogP contribution in [0.3, 0.4) is 0 Å². The number of hydrogen-bond acceptors (Lipinski definition) is 1. The fourth-order valence-electron chi connectivity index (χ4n) is 1.55. The van der Waals surface area contributed by atoms with Crippen molar-refractivity contribution in [3.05, 3.63) is 42.5 Å². The SMILES string of the molecule is C=C/C=C/c1c(O)cccc1[Si](C)(C)C. The van der Waals surface area contributed by atoms with Gasteiger partial charge in [0.2, 0.25) is 0 Å². The molecule has 0 aromatic heterocycles. The monoisotopic (exact) mass is 218 g/mol. The summed E-state index contributed by atoms with van der Waals surface area (Å²) in [5.41, 5.74) is 0.941. The van der Waals surface area contributed by atoms with Crippen molar-refractivity contribution in [1.82, 2.24) is 0 Å². The normalized spacial score (nSPS) is 11.9. The van der Waals surface area contributed by atoms with Crippen molar-refractivity contribution in [3.8, 4) is 5.75 Å². The molecule has 1 aromatic rings. The highest BCUT2D eigenvalue weighted by molar-refractivity contribution is 6.89. The van der Waals surface area contributed by atoms with E-state index in [2.05, 4.69) is 32.3 Å². The second kappa shape index (κ2) is 4.49. The first-order valence-corrected chi connectivity index (χ1v) is 8.58. The highest BCUT2D eigenvalue weighted by Gasteiger charge is 2.20. The van der Waals surface area contributed by atoms with Crippen LogP contribution in [-0.4, -0.2) is 13.2 Å². The fourth-order valence-corrected chi connectivity index (χ4v) is 3.16. The Bertz CT molecular complexity index is 386. The van der Waals surface area contributed by atoms with Crippen LogP contribution < -0.4 is 5.19 Å². The molecule has 0 saturated heterocycles. The molecule has 0 heterocycles. The molecule has 0 saturated carbocycles. The summed E-state index contributed by atoms with van der Waals surface area (Å²) in [6.45, 7) is 10.5. The zero-order valence-electron chi connectivity index (χ0n) is 9.62. The largest absolute Gasteiger partial charge is 0.507 e. The third-order valence-corrected chi connectivity index (χ3v) is 4.34. The van der Waals surface area contributed by atoms with Crippen LogP contribution in [0.2, 0.25) is 19.6 Å². The number of benzene rings is 1. The lowest BCUT2D eigenvalue weighted by Gasteiger charge is -2.20. The summed E-state index contributed by atoms with van der Waals surface area (Å²) in [6.07, 6.45) is 5.51. The van der Waals surface area contributed by atoms with Crippen LogP contribution in [0.25, 0.3) is 6.08 Å². The van der Waals surface area contributed by atoms with Crippen molar-refractivity contribution in [1.29, 1.82) is 0 Å². The van der Waals surface area contributed by atoms with E-state index in [9.17, 15) is 5.11 Å². The number of phenols is 1. The van der Waals surface area contributed by atoms with Gasteiger partial charge in [-0.1, -0.05) is 56.6 Å². The van der Waals surface area contributed by atoms with Crippen LogP contribution >= 0.6 is 0 Å². The maximum atomic E-state index is 9.82. The van der Waals surface area contributed by atoms with Gasteiger partial charge < -0.3 is 5.11 Å². The van der Waals surface area contributed by atoms with Gasteiger partial charge in [-0.25, -0.2) is 0 Å². The van der Waals surface area contributed by atoms with E-state index in [-0.39, 0.29) is 0 Å². The Hall–Kier alpha value is -1.28. The minimum absolute atomic E-state index is 0.355. The number of allylic oxidation sites excluding steroid dienone is 2. The molecule has 0 atom stereocenters. The predicted octanol–water partition coefficient (Wildman–Crippen LogP) is 3.14. The van der Waals surface area contributed by atoms with Crippen LogP contribution in [0.15, 0.2) is 36.9 Å². The van der Waals surface area contributed by atoms with E-state index in [1.807, 2.05) is 18.2 Å². The average molecular weight is 218 g/mol. The smallest absolute Gasteiger partial charge is 0.122 e. The van der Waals surface area contributed by atoms with Crippen molar-refractivity contribution in [3.63, 3.8) is 0 Å². The van der Waals surface area contributed by atoms with Gasteiger partial charge in [0.05, 0.1) is 8.07 Å². The Morgan fingerprint density at radius 3 is 2.47 bits per heavy atom. The van der Waals surface area contributed by atoms with Gasteiger partial charge in [0, 0.05) is 5.56 Å². The van der Waals surface area contributed by atoms with E-state index in [1.54, 1.807) is 12.1 Å². The quantitative estimate of drug-likeness (QED) is 0.610. The summed E-state index contributed by atoms with van der Waals surface area (Å²) in [4.78, 5) is 0. The summed E-state index contributed by atoms with van der Waals surface area (Å²) in [5.74, 6) is 0.355. The number of rotatable bonds is 3. The standard InChI is InChI=1S/C13H18OSi/c1-5-6-8-11-12(14)9-7-10-13(11)15(2,3)4/h5-10,14H,1H2,2-4H3/b8-6+. The molecule has 0 spiro atoms. The Labute approximate surface area is 92.8 Å². The molecule has 0 aliphatic heterocycles. The molecule has 0 amide bonds. The molecule has 1 nitrogen and oxygen atoms in total. The lowest BCUT2D eigenvalue weighted by Crippen LogP contribution is -2.39. The van der Waals surface area contributed by atoms with Gasteiger partial charge in [0.25, 0.3) is 0 Å². The Kier molecular flexibility index (Phi) is 3.53. The van der Waals surface area contributed by atoms with Crippen molar-refractivity contribution >= 4 is 19.3 Å². The molecule has 0 radical (unpaired) electrons. The third kappa shape index (κ3) is 2.83. The van der Waals surface area contributed by atoms with Crippen molar-refractivity contribution in [2.45, 2.75) is 19.6 Å². The predicted molar refractivity (Wildman–Crippen MR) is 70.3 cm³/mol. The first-order chi connectivity index (χ1) is 6.96. The van der Waals surface area contributed by atoms with E-state index in [1.165, 1.54) is 5.19 Å². The first kappa shape index (κ1) is 11.8. The van der Waals surface area contributed by atoms with Gasteiger partial charge in [-0.05, 0) is 11.3 Å². The zero-order valence-corrected chi connectivity index (χ0v) is 10.6. The highest BCUT2D eigenvalue weighted by Crippen LogP contribution is 2.19. The number of phenolic OH excluding ortho intramolecular Hbond substituents is 1. The van der Waals surface area contributed by atoms with E-state index >= 15 is 0 Å². The molecule has 1 aromatic carbocycles. The van der Waals surface area contributed by atoms with Gasteiger partial charge in [-0.2, -0.15) is 0 Å². The summed E-state index contributed by atoms with van der Waals surface area (Å²) in [5, 5.41) is 11.1. The topological polar surface area (TPSA) is 20.2 Å². The van der Waals surface area contributed by atoms with Crippen molar-refractivity contribution in [2.24, 2.45) is 0 Å². The molecule has 0 bridgehead atoms. The molecular weight excluding hydrogens is 200 g/mol. The zero-order chi connectivity index (χ0) is 11.5. The minimum atomic E-state index is -1.40. The van der Waals surface area contributed by atoms with Crippen molar-refractivity contribution in [2.75, 3.05) is 0 Å². The molecular formula is C13H18OSi. The molecule has 0 aliphatic carbocycles. The Morgan fingerprint density at radius 1 is 1.27 bits per heavy atom. The second-order valence-electron chi connectivity index (χ2n) is 4.58. The molecule has 0 aliphatic rings. The first-order valence-electron chi connectivity index (χ1n) is 5.08. The summed E-state index contributed by atoms with van der Waals surface area (Å²) in [6, 6.07) is 5.75. The van der Waals surface area contributed by atoms with E-state index < -0.39 is 8.07 Å². The molecule has 80 valence electrons. The molecule has 1 rings (SSSR count). The fraction of sp³-hybridized carbons (Fsp3) is 0.231. The van der Waals surface area contributed by atoms with E-state index in [0.29, 0.717) is 5.75 Å².